The van der Waals surface area contributed by atoms with Crippen LogP contribution in [0.5, 0.6) is 5.75 Å². The number of ether oxygens (including phenoxy) is 1. The molecule has 2 N–H and O–H groups in total. The standard InChI is InChI=1S/C32H33BrClN3O2S/c33-28-17-21(1-8-29(28)39-27-9-13-35-14-10-27)20-37-15-11-26(12-16-37)36-32(38)31-19-24-3-2-23(18-30(24)40-31)22-4-6-25(34)7-5-22/h1-8,17-19,26-27,35H,9-16,20H2,(H,36,38). The third-order valence-corrected chi connectivity index (χ3v) is 9.79. The highest BCUT2D eigenvalue weighted by Gasteiger charge is 2.23. The number of fused-ring (bicyclic) bond motifs is 1. The topological polar surface area (TPSA) is 53.6 Å². The number of piperidine rings is 2. The number of thiophene rings is 1. The van der Waals surface area contributed by atoms with E-state index < -0.39 is 0 Å². The lowest BCUT2D eigenvalue weighted by Gasteiger charge is -2.32. The molecule has 4 aromatic rings. The van der Waals surface area contributed by atoms with Crippen LogP contribution in [0.25, 0.3) is 21.2 Å². The van der Waals surface area contributed by atoms with Crippen LogP contribution in [0.15, 0.2) is 71.2 Å². The Morgan fingerprint density at radius 2 is 1.73 bits per heavy atom. The zero-order valence-electron chi connectivity index (χ0n) is 22.3. The molecule has 0 spiro atoms. The van der Waals surface area contributed by atoms with Crippen LogP contribution in [0.1, 0.15) is 40.9 Å². The summed E-state index contributed by atoms with van der Waals surface area (Å²) < 4.78 is 8.36. The molecule has 8 heteroatoms. The molecule has 0 radical (unpaired) electrons. The maximum Gasteiger partial charge on any atom is 0.261 e. The summed E-state index contributed by atoms with van der Waals surface area (Å²) in [5, 5.41) is 8.50. The molecule has 0 aliphatic carbocycles. The average Bonchev–Trinajstić information content (AvgIpc) is 3.40. The van der Waals surface area contributed by atoms with Crippen LogP contribution < -0.4 is 15.4 Å². The monoisotopic (exact) mass is 637 g/mol. The van der Waals surface area contributed by atoms with E-state index in [-0.39, 0.29) is 18.1 Å². The van der Waals surface area contributed by atoms with Gasteiger partial charge >= 0.3 is 0 Å². The van der Waals surface area contributed by atoms with Gasteiger partial charge in [-0.1, -0.05) is 41.9 Å². The van der Waals surface area contributed by atoms with Gasteiger partial charge in [-0.25, -0.2) is 0 Å². The van der Waals surface area contributed by atoms with E-state index in [9.17, 15) is 4.79 Å². The van der Waals surface area contributed by atoms with Crippen LogP contribution in [-0.4, -0.2) is 49.1 Å². The van der Waals surface area contributed by atoms with Gasteiger partial charge in [0.1, 0.15) is 11.9 Å². The Hall–Kier alpha value is -2.42. The zero-order valence-corrected chi connectivity index (χ0v) is 25.5. The second kappa shape index (κ2) is 12.6. The number of hydrogen-bond acceptors (Lipinski definition) is 5. The molecule has 2 saturated heterocycles. The highest BCUT2D eigenvalue weighted by atomic mass is 79.9. The van der Waals surface area contributed by atoms with Crippen LogP contribution in [-0.2, 0) is 6.54 Å². The van der Waals surface area contributed by atoms with Crippen LogP contribution >= 0.6 is 38.9 Å². The molecule has 208 valence electrons. The number of benzene rings is 3. The van der Waals surface area contributed by atoms with Gasteiger partial charge in [-0.05, 0) is 113 Å². The van der Waals surface area contributed by atoms with E-state index in [1.807, 2.05) is 30.3 Å². The van der Waals surface area contributed by atoms with E-state index in [1.165, 1.54) is 5.56 Å². The number of carbonyl (C=O) groups is 1. The number of amides is 1. The van der Waals surface area contributed by atoms with Crippen molar-refractivity contribution in [1.82, 2.24) is 15.5 Å². The Morgan fingerprint density at radius 3 is 2.48 bits per heavy atom. The lowest BCUT2D eigenvalue weighted by atomic mass is 10.0. The van der Waals surface area contributed by atoms with Crippen LogP contribution in [0.4, 0.5) is 0 Å². The highest BCUT2D eigenvalue weighted by Crippen LogP contribution is 2.32. The molecule has 0 unspecified atom stereocenters. The van der Waals surface area contributed by atoms with E-state index in [1.54, 1.807) is 11.3 Å². The van der Waals surface area contributed by atoms with E-state index in [0.29, 0.717) is 0 Å². The number of carbonyl (C=O) groups excluding carboxylic acids is 1. The SMILES string of the molecule is O=C(NC1CCN(Cc2ccc(OC3CCNCC3)c(Br)c2)CC1)c1cc2ccc(-c3ccc(Cl)cc3)cc2s1. The summed E-state index contributed by atoms with van der Waals surface area (Å²) in [6.45, 7) is 4.87. The van der Waals surface area contributed by atoms with Gasteiger partial charge in [0, 0.05) is 35.4 Å². The first-order chi connectivity index (χ1) is 19.5. The molecule has 2 aliphatic rings. The molecule has 6 rings (SSSR count). The smallest absolute Gasteiger partial charge is 0.261 e. The first-order valence-electron chi connectivity index (χ1n) is 14.0. The molecule has 40 heavy (non-hydrogen) atoms. The second-order valence-corrected chi connectivity index (χ2v) is 13.1. The molecule has 1 aromatic heterocycles. The fourth-order valence-electron chi connectivity index (χ4n) is 5.55. The van der Waals surface area contributed by atoms with Gasteiger partial charge in [0.2, 0.25) is 0 Å². The maximum atomic E-state index is 13.1. The van der Waals surface area contributed by atoms with Crippen molar-refractivity contribution in [2.75, 3.05) is 26.2 Å². The number of likely N-dealkylation sites (tertiary alicyclic amines) is 1. The number of nitrogens with one attached hydrogen (secondary N) is 2. The average molecular weight is 639 g/mol. The summed E-state index contributed by atoms with van der Waals surface area (Å²) in [4.78, 5) is 16.3. The van der Waals surface area contributed by atoms with Gasteiger partial charge in [-0.3, -0.25) is 9.69 Å². The van der Waals surface area contributed by atoms with Gasteiger partial charge < -0.3 is 15.4 Å². The molecule has 0 saturated carbocycles. The lowest BCUT2D eigenvalue weighted by molar-refractivity contribution is 0.0913. The van der Waals surface area contributed by atoms with Crippen molar-refractivity contribution in [3.8, 4) is 16.9 Å². The Kier molecular flexibility index (Phi) is 8.75. The maximum absolute atomic E-state index is 13.1. The van der Waals surface area contributed by atoms with Gasteiger partial charge in [-0.15, -0.1) is 11.3 Å². The number of rotatable bonds is 7. The van der Waals surface area contributed by atoms with Crippen molar-refractivity contribution in [3.05, 3.63) is 86.7 Å². The fourth-order valence-corrected chi connectivity index (χ4v) is 7.20. The second-order valence-electron chi connectivity index (χ2n) is 10.7. The predicted octanol–water partition coefficient (Wildman–Crippen LogP) is 7.51. The Labute approximate surface area is 253 Å². The molecule has 3 aromatic carbocycles. The van der Waals surface area contributed by atoms with Crippen LogP contribution in [0.3, 0.4) is 0 Å². The van der Waals surface area contributed by atoms with E-state index >= 15 is 0 Å². The predicted molar refractivity (Wildman–Crippen MR) is 169 cm³/mol. The summed E-state index contributed by atoms with van der Waals surface area (Å²) in [6.07, 6.45) is 4.30. The third-order valence-electron chi connectivity index (χ3n) is 7.83. The Morgan fingerprint density at radius 1 is 0.975 bits per heavy atom. The summed E-state index contributed by atoms with van der Waals surface area (Å²) in [7, 11) is 0. The van der Waals surface area contributed by atoms with Crippen molar-refractivity contribution < 1.29 is 9.53 Å². The first kappa shape index (κ1) is 27.7. The van der Waals surface area contributed by atoms with Crippen molar-refractivity contribution in [1.29, 1.82) is 0 Å². The minimum absolute atomic E-state index is 0.0287. The fraction of sp³-hybridized carbons (Fsp3) is 0.344. The molecule has 2 fully saturated rings. The highest BCUT2D eigenvalue weighted by molar-refractivity contribution is 9.10. The minimum atomic E-state index is 0.0287. The van der Waals surface area contributed by atoms with Crippen molar-refractivity contribution in [2.24, 2.45) is 0 Å². The van der Waals surface area contributed by atoms with Crippen molar-refractivity contribution >= 4 is 54.9 Å². The minimum Gasteiger partial charge on any atom is -0.489 e. The number of nitrogens with zero attached hydrogens (tertiary/aromatic N) is 1. The van der Waals surface area contributed by atoms with Gasteiger partial charge in [0.05, 0.1) is 9.35 Å². The van der Waals surface area contributed by atoms with Gasteiger partial charge in [0.25, 0.3) is 5.91 Å². The molecular formula is C32H33BrClN3O2S. The summed E-state index contributed by atoms with van der Waals surface area (Å²) >= 11 is 11.3. The van der Waals surface area contributed by atoms with E-state index in [0.717, 1.165) is 99.7 Å². The number of halogens is 2. The van der Waals surface area contributed by atoms with Gasteiger partial charge in [0.15, 0.2) is 0 Å². The van der Waals surface area contributed by atoms with Gasteiger partial charge in [-0.2, -0.15) is 0 Å². The molecule has 0 bridgehead atoms. The molecule has 0 atom stereocenters. The largest absolute Gasteiger partial charge is 0.489 e. The molecular weight excluding hydrogens is 606 g/mol. The Balaban J connectivity index is 1.01. The first-order valence-corrected chi connectivity index (χ1v) is 16.0. The van der Waals surface area contributed by atoms with Crippen LogP contribution in [0.2, 0.25) is 5.02 Å². The van der Waals surface area contributed by atoms with Crippen molar-refractivity contribution in [3.63, 3.8) is 0 Å². The molecule has 5 nitrogen and oxygen atoms in total. The Bertz CT molecular complexity index is 1480. The summed E-state index contributed by atoms with van der Waals surface area (Å²) in [6, 6.07) is 22.9. The van der Waals surface area contributed by atoms with Crippen molar-refractivity contribution in [2.45, 2.75) is 44.4 Å². The lowest BCUT2D eigenvalue weighted by Crippen LogP contribution is -2.44. The quantitative estimate of drug-likeness (QED) is 0.220. The zero-order chi connectivity index (χ0) is 27.5. The number of hydrogen-bond donors (Lipinski definition) is 2. The molecule has 3 heterocycles. The summed E-state index contributed by atoms with van der Waals surface area (Å²) in [5.41, 5.74) is 3.52. The van der Waals surface area contributed by atoms with E-state index in [2.05, 4.69) is 67.9 Å². The third kappa shape index (κ3) is 6.72. The molecule has 1 amide bonds. The van der Waals surface area contributed by atoms with Crippen LogP contribution in [0, 0.1) is 0 Å². The normalized spacial score (nSPS) is 17.2. The summed E-state index contributed by atoms with van der Waals surface area (Å²) in [5.74, 6) is 0.959. The molecule has 2 aliphatic heterocycles. The van der Waals surface area contributed by atoms with E-state index in [4.69, 9.17) is 16.3 Å².